The number of hydrogen-bond donors (Lipinski definition) is 2. The minimum atomic E-state index is -0.946. The lowest BCUT2D eigenvalue weighted by Gasteiger charge is -2.34. The van der Waals surface area contributed by atoms with Gasteiger partial charge in [-0.15, -0.1) is 10.3 Å². The van der Waals surface area contributed by atoms with Crippen LogP contribution in [0.5, 0.6) is 0 Å². The molecule has 2 aromatic rings. The van der Waals surface area contributed by atoms with Gasteiger partial charge in [-0.3, -0.25) is 4.79 Å². The van der Waals surface area contributed by atoms with Gasteiger partial charge in [-0.05, 0) is 78.0 Å². The number of hydrogen-bond acceptors (Lipinski definition) is 4. The van der Waals surface area contributed by atoms with E-state index in [-0.39, 0.29) is 28.2 Å². The van der Waals surface area contributed by atoms with Crippen LogP contribution in [0.2, 0.25) is 5.02 Å². The van der Waals surface area contributed by atoms with Crippen LogP contribution in [0.4, 0.5) is 15.8 Å². The molecule has 0 saturated heterocycles. The number of aliphatic carboxylic acids is 1. The number of hydroxylamine groups is 2. The summed E-state index contributed by atoms with van der Waals surface area (Å²) in [4.78, 5) is 13.0. The van der Waals surface area contributed by atoms with Gasteiger partial charge >= 0.3 is 5.97 Å². The molecule has 1 radical (unpaired) electrons. The smallest absolute Gasteiger partial charge is 0.307 e. The van der Waals surface area contributed by atoms with Crippen LogP contribution in [-0.4, -0.2) is 52.8 Å². The Balaban J connectivity index is 0.000000257. The predicted molar refractivity (Wildman–Crippen MR) is 135 cm³/mol. The van der Waals surface area contributed by atoms with E-state index < -0.39 is 11.8 Å². The van der Waals surface area contributed by atoms with Gasteiger partial charge in [-0.1, -0.05) is 41.4 Å². The van der Waals surface area contributed by atoms with Crippen molar-refractivity contribution in [1.82, 2.24) is 9.96 Å². The number of anilines is 2. The summed E-state index contributed by atoms with van der Waals surface area (Å²) in [6, 6.07) is 9.66. The molecule has 2 aromatic carbocycles. The monoisotopic (exact) mass is 490 g/mol. The molecule has 185 valence electrons. The second-order valence-corrected chi connectivity index (χ2v) is 10.3. The summed E-state index contributed by atoms with van der Waals surface area (Å²) in [5, 5.41) is 25.2. The lowest BCUT2D eigenvalue weighted by atomic mass is 9.96. The Bertz CT molecular complexity index is 1050. The SMILES string of the molecule is CN(C)CC1=CC(C)(C)N([O])C1(C)C.Cc1ccc(Nc2c(F)cccc2Cl)c(CC(=O)O)c1. The molecule has 1 aliphatic heterocycles. The number of aryl methyl sites for hydroxylation is 1. The molecule has 0 atom stereocenters. The number of nitrogens with one attached hydrogen (secondary N) is 1. The molecule has 34 heavy (non-hydrogen) atoms. The summed E-state index contributed by atoms with van der Waals surface area (Å²) in [6.07, 6.45) is 1.95. The molecule has 8 heteroatoms. The minimum absolute atomic E-state index is 0.143. The van der Waals surface area contributed by atoms with Gasteiger partial charge in [0.2, 0.25) is 0 Å². The number of halogens is 2. The van der Waals surface area contributed by atoms with E-state index in [2.05, 4.69) is 16.3 Å². The fourth-order valence-corrected chi connectivity index (χ4v) is 4.21. The van der Waals surface area contributed by atoms with Crippen molar-refractivity contribution in [2.24, 2.45) is 0 Å². The van der Waals surface area contributed by atoms with E-state index in [1.54, 1.807) is 18.2 Å². The third-order valence-electron chi connectivity index (χ3n) is 5.66. The summed E-state index contributed by atoms with van der Waals surface area (Å²) in [5.41, 5.74) is 2.67. The Labute approximate surface area is 206 Å². The van der Waals surface area contributed by atoms with Crippen molar-refractivity contribution in [3.8, 4) is 0 Å². The Morgan fingerprint density at radius 3 is 2.32 bits per heavy atom. The highest BCUT2D eigenvalue weighted by atomic mass is 35.5. The zero-order valence-electron chi connectivity index (χ0n) is 20.9. The Kier molecular flexibility index (Phi) is 8.88. The molecule has 0 aliphatic carbocycles. The molecule has 2 N–H and O–H groups in total. The molecule has 0 amide bonds. The van der Waals surface area contributed by atoms with Crippen molar-refractivity contribution < 1.29 is 19.5 Å². The first-order chi connectivity index (χ1) is 15.6. The van der Waals surface area contributed by atoms with Gasteiger partial charge in [0.15, 0.2) is 0 Å². The Morgan fingerprint density at radius 1 is 1.18 bits per heavy atom. The fraction of sp³-hybridized carbons (Fsp3) is 0.423. The van der Waals surface area contributed by atoms with E-state index in [1.165, 1.54) is 22.8 Å². The summed E-state index contributed by atoms with van der Waals surface area (Å²) in [6.45, 7) is 10.6. The molecular formula is C26H34ClFN3O3. The van der Waals surface area contributed by atoms with Gasteiger partial charge in [-0.2, -0.15) is 0 Å². The molecular weight excluding hydrogens is 457 g/mol. The van der Waals surface area contributed by atoms with Crippen molar-refractivity contribution in [2.45, 2.75) is 52.1 Å². The van der Waals surface area contributed by atoms with E-state index in [4.69, 9.17) is 16.7 Å². The maximum atomic E-state index is 13.7. The van der Waals surface area contributed by atoms with Crippen LogP contribution in [0.15, 0.2) is 48.0 Å². The summed E-state index contributed by atoms with van der Waals surface area (Å²) < 4.78 is 13.7. The maximum absolute atomic E-state index is 13.7. The maximum Gasteiger partial charge on any atom is 0.307 e. The molecule has 1 heterocycles. The van der Waals surface area contributed by atoms with Gasteiger partial charge in [0, 0.05) is 12.2 Å². The number of nitrogens with zero attached hydrogens (tertiary/aromatic N) is 2. The van der Waals surface area contributed by atoms with Gasteiger partial charge in [-0.25, -0.2) is 4.39 Å². The van der Waals surface area contributed by atoms with Crippen LogP contribution in [0.3, 0.4) is 0 Å². The molecule has 3 rings (SSSR count). The molecule has 0 bridgehead atoms. The van der Waals surface area contributed by atoms with E-state index >= 15 is 0 Å². The first-order valence-electron chi connectivity index (χ1n) is 11.0. The average molecular weight is 491 g/mol. The minimum Gasteiger partial charge on any atom is -0.481 e. The number of carbonyl (C=O) groups is 1. The zero-order valence-corrected chi connectivity index (χ0v) is 21.6. The van der Waals surface area contributed by atoms with Crippen LogP contribution in [-0.2, 0) is 16.4 Å². The first kappa shape index (κ1) is 27.8. The lowest BCUT2D eigenvalue weighted by Crippen LogP contribution is -2.47. The van der Waals surface area contributed by atoms with Gasteiger partial charge in [0.05, 0.1) is 28.2 Å². The number of carboxylic acids is 1. The molecule has 0 fully saturated rings. The molecule has 0 spiro atoms. The third-order valence-corrected chi connectivity index (χ3v) is 5.97. The Morgan fingerprint density at radius 2 is 1.82 bits per heavy atom. The van der Waals surface area contributed by atoms with Gasteiger partial charge in [0.1, 0.15) is 5.82 Å². The third kappa shape index (κ3) is 6.79. The van der Waals surface area contributed by atoms with Gasteiger partial charge in [0.25, 0.3) is 0 Å². The second kappa shape index (κ2) is 10.9. The molecule has 0 unspecified atom stereocenters. The van der Waals surface area contributed by atoms with E-state index in [0.29, 0.717) is 11.3 Å². The van der Waals surface area contributed by atoms with Crippen molar-refractivity contribution >= 4 is 28.9 Å². The van der Waals surface area contributed by atoms with Crippen molar-refractivity contribution in [1.29, 1.82) is 0 Å². The average Bonchev–Trinajstić information content (AvgIpc) is 2.85. The number of carboxylic acid groups (broad SMARTS) is 1. The van der Waals surface area contributed by atoms with Gasteiger partial charge < -0.3 is 15.3 Å². The topological polar surface area (TPSA) is 75.7 Å². The summed E-state index contributed by atoms with van der Waals surface area (Å²) in [7, 11) is 4.05. The van der Waals surface area contributed by atoms with Crippen LogP contribution >= 0.6 is 11.6 Å². The standard InChI is InChI=1S/C15H13ClFNO2.C11H21N2O/c1-9-5-6-13(10(7-9)8-14(19)20)18-15-11(16)3-2-4-12(15)17;1-10(2)7-9(8-12(5)6)11(3,4)13(10)14/h2-7,18H,8H2,1H3,(H,19,20);7H,8H2,1-6H3. The molecule has 1 aliphatic rings. The quantitative estimate of drug-likeness (QED) is 0.497. The van der Waals surface area contributed by atoms with Crippen LogP contribution in [0.25, 0.3) is 0 Å². The largest absolute Gasteiger partial charge is 0.481 e. The summed E-state index contributed by atoms with van der Waals surface area (Å²) >= 11 is 5.95. The van der Waals surface area contributed by atoms with Crippen LogP contribution in [0.1, 0.15) is 38.8 Å². The highest BCUT2D eigenvalue weighted by Crippen LogP contribution is 2.38. The summed E-state index contributed by atoms with van der Waals surface area (Å²) in [5.74, 6) is -1.43. The molecule has 6 nitrogen and oxygen atoms in total. The van der Waals surface area contributed by atoms with Crippen LogP contribution < -0.4 is 5.32 Å². The van der Waals surface area contributed by atoms with Crippen LogP contribution in [0, 0.1) is 12.7 Å². The first-order valence-corrected chi connectivity index (χ1v) is 11.4. The number of para-hydroxylation sites is 1. The van der Waals surface area contributed by atoms with E-state index in [0.717, 1.165) is 12.1 Å². The predicted octanol–water partition coefficient (Wildman–Crippen LogP) is 5.85. The molecule has 0 aromatic heterocycles. The molecule has 0 saturated carbocycles. The fourth-order valence-electron chi connectivity index (χ4n) is 4.00. The lowest BCUT2D eigenvalue weighted by molar-refractivity contribution is -0.238. The highest BCUT2D eigenvalue weighted by Gasteiger charge is 2.46. The second-order valence-electron chi connectivity index (χ2n) is 9.87. The number of benzene rings is 2. The number of likely N-dealkylation sites (N-methyl/N-ethyl adjacent to an activating group) is 1. The normalized spacial score (nSPS) is 16.6. The van der Waals surface area contributed by atoms with Crippen molar-refractivity contribution in [3.63, 3.8) is 0 Å². The van der Waals surface area contributed by atoms with Crippen molar-refractivity contribution in [2.75, 3.05) is 26.0 Å². The Hall–Kier alpha value is -2.45. The zero-order chi connectivity index (χ0) is 25.8. The number of rotatable bonds is 6. The highest BCUT2D eigenvalue weighted by molar-refractivity contribution is 6.33. The van der Waals surface area contributed by atoms with Crippen molar-refractivity contribution in [3.05, 3.63) is 70.0 Å². The van der Waals surface area contributed by atoms with E-state index in [1.807, 2.05) is 54.8 Å². The van der Waals surface area contributed by atoms with E-state index in [9.17, 15) is 14.4 Å².